The van der Waals surface area contributed by atoms with Crippen LogP contribution in [0.2, 0.25) is 0 Å². The number of nitrogens with zero attached hydrogens (tertiary/aromatic N) is 1. The lowest BCUT2D eigenvalue weighted by Gasteiger charge is -2.35. The van der Waals surface area contributed by atoms with Gasteiger partial charge in [0.1, 0.15) is 0 Å². The van der Waals surface area contributed by atoms with Crippen LogP contribution in [0.1, 0.15) is 36.6 Å². The molecule has 0 aliphatic carbocycles. The van der Waals surface area contributed by atoms with Crippen LogP contribution in [0.25, 0.3) is 0 Å². The molecule has 0 saturated carbocycles. The van der Waals surface area contributed by atoms with Crippen LogP contribution in [0, 0.1) is 6.92 Å². The summed E-state index contributed by atoms with van der Waals surface area (Å²) in [4.78, 5) is 2.46. The standard InChI is InChI=1S/C19H26N2/c1-4-21(14-17-11-6-5-7-12-17)19(16(3)20)18-13-9-8-10-15(18)2/h5-13,16,19H,4,14,20H2,1-3H3. The number of rotatable bonds is 6. The highest BCUT2D eigenvalue weighted by molar-refractivity contribution is 5.30. The summed E-state index contributed by atoms with van der Waals surface area (Å²) in [5.74, 6) is 0. The first kappa shape index (κ1) is 15.7. The van der Waals surface area contributed by atoms with E-state index in [2.05, 4.69) is 80.3 Å². The van der Waals surface area contributed by atoms with E-state index in [9.17, 15) is 0 Å². The van der Waals surface area contributed by atoms with Gasteiger partial charge in [0.25, 0.3) is 0 Å². The van der Waals surface area contributed by atoms with Gasteiger partial charge in [-0.1, -0.05) is 61.5 Å². The van der Waals surface area contributed by atoms with E-state index >= 15 is 0 Å². The summed E-state index contributed by atoms with van der Waals surface area (Å²) in [5.41, 5.74) is 10.3. The van der Waals surface area contributed by atoms with Crippen LogP contribution < -0.4 is 5.73 Å². The van der Waals surface area contributed by atoms with Gasteiger partial charge in [-0.3, -0.25) is 4.90 Å². The van der Waals surface area contributed by atoms with Crippen molar-refractivity contribution in [3.8, 4) is 0 Å². The fraction of sp³-hybridized carbons (Fsp3) is 0.368. The topological polar surface area (TPSA) is 29.3 Å². The lowest BCUT2D eigenvalue weighted by atomic mass is 9.94. The van der Waals surface area contributed by atoms with Gasteiger partial charge in [-0.2, -0.15) is 0 Å². The van der Waals surface area contributed by atoms with Crippen LogP contribution in [0.15, 0.2) is 54.6 Å². The Balaban J connectivity index is 2.29. The van der Waals surface area contributed by atoms with Crippen LogP contribution in [-0.2, 0) is 6.54 Å². The van der Waals surface area contributed by atoms with Gasteiger partial charge in [0.05, 0.1) is 6.04 Å². The van der Waals surface area contributed by atoms with Gasteiger partial charge in [-0.15, -0.1) is 0 Å². The third-order valence-corrected chi connectivity index (χ3v) is 4.03. The van der Waals surface area contributed by atoms with Crippen LogP contribution in [-0.4, -0.2) is 17.5 Å². The second kappa shape index (κ2) is 7.39. The van der Waals surface area contributed by atoms with Gasteiger partial charge in [-0.25, -0.2) is 0 Å². The minimum absolute atomic E-state index is 0.0924. The first-order chi connectivity index (χ1) is 10.1. The summed E-state index contributed by atoms with van der Waals surface area (Å²) in [5, 5.41) is 0. The minimum Gasteiger partial charge on any atom is -0.326 e. The van der Waals surface area contributed by atoms with E-state index in [0.29, 0.717) is 0 Å². The van der Waals surface area contributed by atoms with Gasteiger partial charge in [0.15, 0.2) is 0 Å². The molecule has 0 saturated heterocycles. The first-order valence-corrected chi connectivity index (χ1v) is 7.72. The quantitative estimate of drug-likeness (QED) is 0.870. The fourth-order valence-electron chi connectivity index (χ4n) is 2.96. The fourth-order valence-corrected chi connectivity index (χ4v) is 2.96. The number of likely N-dealkylation sites (N-methyl/N-ethyl adjacent to an activating group) is 1. The number of hydrogen-bond acceptors (Lipinski definition) is 2. The molecule has 0 aliphatic rings. The zero-order chi connectivity index (χ0) is 15.2. The minimum atomic E-state index is 0.0924. The van der Waals surface area contributed by atoms with Crippen molar-refractivity contribution in [2.24, 2.45) is 5.73 Å². The monoisotopic (exact) mass is 282 g/mol. The van der Waals surface area contributed by atoms with Gasteiger partial charge >= 0.3 is 0 Å². The van der Waals surface area contributed by atoms with Gasteiger partial charge in [0, 0.05) is 12.6 Å². The van der Waals surface area contributed by atoms with E-state index in [0.717, 1.165) is 13.1 Å². The third-order valence-electron chi connectivity index (χ3n) is 4.03. The molecule has 0 heterocycles. The molecular formula is C19H26N2. The number of aryl methyl sites for hydroxylation is 1. The highest BCUT2D eigenvalue weighted by atomic mass is 15.2. The van der Waals surface area contributed by atoms with Gasteiger partial charge in [0.2, 0.25) is 0 Å². The van der Waals surface area contributed by atoms with E-state index in [1.807, 2.05) is 0 Å². The third kappa shape index (κ3) is 3.93. The number of hydrogen-bond donors (Lipinski definition) is 1. The highest BCUT2D eigenvalue weighted by Gasteiger charge is 2.24. The van der Waals surface area contributed by atoms with Crippen LogP contribution in [0.3, 0.4) is 0 Å². The first-order valence-electron chi connectivity index (χ1n) is 7.72. The zero-order valence-corrected chi connectivity index (χ0v) is 13.3. The molecule has 2 aromatic carbocycles. The maximum absolute atomic E-state index is 6.33. The normalized spacial score (nSPS) is 14.1. The summed E-state index contributed by atoms with van der Waals surface area (Å²) in [6, 6.07) is 19.5. The summed E-state index contributed by atoms with van der Waals surface area (Å²) in [7, 11) is 0. The van der Waals surface area contributed by atoms with E-state index in [1.54, 1.807) is 0 Å². The average molecular weight is 282 g/mol. The van der Waals surface area contributed by atoms with Crippen LogP contribution in [0.4, 0.5) is 0 Å². The van der Waals surface area contributed by atoms with Crippen molar-refractivity contribution in [2.75, 3.05) is 6.54 Å². The highest BCUT2D eigenvalue weighted by Crippen LogP contribution is 2.27. The van der Waals surface area contributed by atoms with Gasteiger partial charge < -0.3 is 5.73 Å². The Morgan fingerprint density at radius 3 is 2.19 bits per heavy atom. The van der Waals surface area contributed by atoms with Gasteiger partial charge in [-0.05, 0) is 37.1 Å². The molecule has 2 rings (SSSR count). The maximum Gasteiger partial charge on any atom is 0.0502 e. The molecule has 0 aliphatic heterocycles. The SMILES string of the molecule is CCN(Cc1ccccc1)C(c1ccccc1C)C(C)N. The van der Waals surface area contributed by atoms with Crippen molar-refractivity contribution >= 4 is 0 Å². The molecule has 112 valence electrons. The zero-order valence-electron chi connectivity index (χ0n) is 13.3. The number of benzene rings is 2. The largest absolute Gasteiger partial charge is 0.326 e. The lowest BCUT2D eigenvalue weighted by Crippen LogP contribution is -2.39. The number of nitrogens with two attached hydrogens (primary N) is 1. The molecule has 0 amide bonds. The molecular weight excluding hydrogens is 256 g/mol. The average Bonchev–Trinajstić information content (AvgIpc) is 2.49. The Kier molecular flexibility index (Phi) is 5.54. The van der Waals surface area contributed by atoms with Crippen molar-refractivity contribution < 1.29 is 0 Å². The molecule has 2 atom stereocenters. The molecule has 2 heteroatoms. The van der Waals surface area contributed by atoms with E-state index in [-0.39, 0.29) is 12.1 Å². The molecule has 0 bridgehead atoms. The Morgan fingerprint density at radius 1 is 1.00 bits per heavy atom. The van der Waals surface area contributed by atoms with E-state index < -0.39 is 0 Å². The Hall–Kier alpha value is -1.64. The summed E-state index contributed by atoms with van der Waals surface area (Å²) in [6.45, 7) is 8.38. The predicted molar refractivity (Wildman–Crippen MR) is 90.1 cm³/mol. The van der Waals surface area contributed by atoms with Crippen molar-refractivity contribution in [3.05, 3.63) is 71.3 Å². The van der Waals surface area contributed by atoms with Crippen LogP contribution >= 0.6 is 0 Å². The van der Waals surface area contributed by atoms with Crippen molar-refractivity contribution in [1.29, 1.82) is 0 Å². The van der Waals surface area contributed by atoms with Crippen molar-refractivity contribution in [3.63, 3.8) is 0 Å². The molecule has 0 aromatic heterocycles. The molecule has 2 aromatic rings. The smallest absolute Gasteiger partial charge is 0.0502 e. The Morgan fingerprint density at radius 2 is 1.62 bits per heavy atom. The second-order valence-electron chi connectivity index (χ2n) is 5.71. The van der Waals surface area contributed by atoms with E-state index in [1.165, 1.54) is 16.7 Å². The second-order valence-corrected chi connectivity index (χ2v) is 5.71. The predicted octanol–water partition coefficient (Wildman–Crippen LogP) is 3.91. The van der Waals surface area contributed by atoms with Crippen molar-refractivity contribution in [1.82, 2.24) is 4.90 Å². The summed E-state index contributed by atoms with van der Waals surface area (Å²) < 4.78 is 0. The maximum atomic E-state index is 6.33. The molecule has 21 heavy (non-hydrogen) atoms. The summed E-state index contributed by atoms with van der Waals surface area (Å²) >= 11 is 0. The van der Waals surface area contributed by atoms with Crippen molar-refractivity contribution in [2.45, 2.75) is 39.4 Å². The Labute approximate surface area is 128 Å². The molecule has 0 fully saturated rings. The molecule has 0 radical (unpaired) electrons. The molecule has 2 unspecified atom stereocenters. The molecule has 0 spiro atoms. The van der Waals surface area contributed by atoms with Crippen LogP contribution in [0.5, 0.6) is 0 Å². The summed E-state index contributed by atoms with van der Waals surface area (Å²) in [6.07, 6.45) is 0. The van der Waals surface area contributed by atoms with E-state index in [4.69, 9.17) is 5.73 Å². The molecule has 2 nitrogen and oxygen atoms in total. The molecule has 2 N–H and O–H groups in total. The Bertz CT molecular complexity index is 549. The lowest BCUT2D eigenvalue weighted by molar-refractivity contribution is 0.176.